The highest BCUT2D eigenvalue weighted by Crippen LogP contribution is 2.13. The Bertz CT molecular complexity index is 471. The second-order valence-corrected chi connectivity index (χ2v) is 3.76. The van der Waals surface area contributed by atoms with Crippen molar-refractivity contribution in [2.75, 3.05) is 0 Å². The van der Waals surface area contributed by atoms with E-state index >= 15 is 0 Å². The lowest BCUT2D eigenvalue weighted by Gasteiger charge is -2.05. The molecule has 0 aliphatic carbocycles. The van der Waals surface area contributed by atoms with Gasteiger partial charge in [-0.05, 0) is 31.2 Å². The number of hydrogen-bond acceptors (Lipinski definition) is 3. The molecule has 4 heteroatoms. The largest absolute Gasteiger partial charge is 0.486 e. The summed E-state index contributed by atoms with van der Waals surface area (Å²) in [5, 5.41) is 0.459. The van der Waals surface area contributed by atoms with Crippen molar-refractivity contribution in [1.82, 2.24) is 9.97 Å². The van der Waals surface area contributed by atoms with Crippen LogP contribution >= 0.6 is 11.6 Å². The molecular formula is C12H11ClN2O. The predicted octanol–water partition coefficient (Wildman–Crippen LogP) is 3.02. The zero-order valence-electron chi connectivity index (χ0n) is 8.85. The van der Waals surface area contributed by atoms with Gasteiger partial charge < -0.3 is 4.74 Å². The van der Waals surface area contributed by atoms with Crippen LogP contribution in [0.5, 0.6) is 5.75 Å². The summed E-state index contributed by atoms with van der Waals surface area (Å²) < 4.78 is 5.52. The van der Waals surface area contributed by atoms with E-state index < -0.39 is 0 Å². The smallest absolute Gasteiger partial charge is 0.138 e. The van der Waals surface area contributed by atoms with E-state index in [1.165, 1.54) is 0 Å². The Morgan fingerprint density at radius 2 is 2.12 bits per heavy atom. The lowest BCUT2D eigenvalue weighted by molar-refractivity contribution is 0.300. The zero-order valence-corrected chi connectivity index (χ0v) is 9.61. The maximum absolute atomic E-state index is 5.67. The van der Waals surface area contributed by atoms with Gasteiger partial charge in [0.05, 0.1) is 11.9 Å². The molecule has 0 amide bonds. The molecule has 0 aliphatic heterocycles. The topological polar surface area (TPSA) is 35.0 Å². The number of rotatable bonds is 3. The van der Waals surface area contributed by atoms with Crippen molar-refractivity contribution < 1.29 is 4.74 Å². The Labute approximate surface area is 99.1 Å². The minimum Gasteiger partial charge on any atom is -0.486 e. The van der Waals surface area contributed by atoms with Gasteiger partial charge in [0.1, 0.15) is 17.5 Å². The minimum absolute atomic E-state index is 0.436. The number of aromatic nitrogens is 2. The van der Waals surface area contributed by atoms with Gasteiger partial charge in [0.25, 0.3) is 0 Å². The van der Waals surface area contributed by atoms with E-state index in [1.54, 1.807) is 18.3 Å². The van der Waals surface area contributed by atoms with Crippen LogP contribution in [0.15, 0.2) is 36.5 Å². The van der Waals surface area contributed by atoms with Gasteiger partial charge in [0.2, 0.25) is 0 Å². The Kier molecular flexibility index (Phi) is 3.37. The van der Waals surface area contributed by atoms with E-state index in [9.17, 15) is 0 Å². The van der Waals surface area contributed by atoms with E-state index in [2.05, 4.69) is 9.97 Å². The zero-order chi connectivity index (χ0) is 11.4. The van der Waals surface area contributed by atoms with Crippen molar-refractivity contribution in [3.63, 3.8) is 0 Å². The maximum Gasteiger partial charge on any atom is 0.138 e. The van der Waals surface area contributed by atoms with Gasteiger partial charge in [-0.1, -0.05) is 17.7 Å². The first-order valence-electron chi connectivity index (χ1n) is 4.91. The SMILES string of the molecule is Cc1cccc(COc2ccc(Cl)nc2)n1. The highest BCUT2D eigenvalue weighted by molar-refractivity contribution is 6.29. The van der Waals surface area contributed by atoms with Crippen LogP contribution in [0, 0.1) is 6.92 Å². The van der Waals surface area contributed by atoms with Gasteiger partial charge in [0, 0.05) is 5.69 Å². The lowest BCUT2D eigenvalue weighted by atomic mass is 10.3. The number of hydrogen-bond donors (Lipinski definition) is 0. The predicted molar refractivity (Wildman–Crippen MR) is 62.6 cm³/mol. The molecule has 0 bridgehead atoms. The highest BCUT2D eigenvalue weighted by Gasteiger charge is 1.98. The summed E-state index contributed by atoms with van der Waals surface area (Å²) in [6.07, 6.45) is 1.60. The summed E-state index contributed by atoms with van der Waals surface area (Å²) in [7, 11) is 0. The van der Waals surface area contributed by atoms with Crippen molar-refractivity contribution in [3.05, 3.63) is 53.1 Å². The molecule has 16 heavy (non-hydrogen) atoms. The summed E-state index contributed by atoms with van der Waals surface area (Å²) in [5.41, 5.74) is 1.88. The fourth-order valence-corrected chi connectivity index (χ4v) is 1.40. The van der Waals surface area contributed by atoms with Crippen LogP contribution in [-0.4, -0.2) is 9.97 Å². The van der Waals surface area contributed by atoms with Gasteiger partial charge in [-0.25, -0.2) is 4.98 Å². The summed E-state index contributed by atoms with van der Waals surface area (Å²) >= 11 is 5.67. The van der Waals surface area contributed by atoms with E-state index in [1.807, 2.05) is 25.1 Å². The Hall–Kier alpha value is -1.61. The van der Waals surface area contributed by atoms with Crippen LogP contribution in [-0.2, 0) is 6.61 Å². The number of aryl methyl sites for hydroxylation is 1. The summed E-state index contributed by atoms with van der Waals surface area (Å²) in [5.74, 6) is 0.688. The molecule has 0 aliphatic rings. The molecule has 2 aromatic heterocycles. The average Bonchev–Trinajstić information content (AvgIpc) is 2.28. The van der Waals surface area contributed by atoms with Crippen LogP contribution in [0.3, 0.4) is 0 Å². The Balaban J connectivity index is 1.99. The van der Waals surface area contributed by atoms with Crippen LogP contribution in [0.2, 0.25) is 5.15 Å². The first-order chi connectivity index (χ1) is 7.74. The Morgan fingerprint density at radius 3 is 2.81 bits per heavy atom. The second kappa shape index (κ2) is 4.94. The number of ether oxygens (including phenoxy) is 1. The lowest BCUT2D eigenvalue weighted by Crippen LogP contribution is -1.99. The molecule has 0 radical (unpaired) electrons. The first kappa shape index (κ1) is 10.9. The quantitative estimate of drug-likeness (QED) is 0.766. The molecule has 2 rings (SSSR count). The molecule has 2 aromatic rings. The third kappa shape index (κ3) is 2.94. The fourth-order valence-electron chi connectivity index (χ4n) is 1.28. The molecule has 2 heterocycles. The third-order valence-corrected chi connectivity index (χ3v) is 2.26. The molecule has 0 fully saturated rings. The first-order valence-corrected chi connectivity index (χ1v) is 5.29. The standard InChI is InChI=1S/C12H11ClN2O/c1-9-3-2-4-10(15-9)8-16-11-5-6-12(13)14-7-11/h2-7H,8H2,1H3. The molecule has 0 N–H and O–H groups in total. The van der Waals surface area contributed by atoms with Gasteiger partial charge in [-0.15, -0.1) is 0 Å². The monoisotopic (exact) mass is 234 g/mol. The normalized spacial score (nSPS) is 10.1. The van der Waals surface area contributed by atoms with E-state index in [0.717, 1.165) is 11.4 Å². The van der Waals surface area contributed by atoms with Gasteiger partial charge >= 0.3 is 0 Å². The van der Waals surface area contributed by atoms with Crippen LogP contribution in [0.1, 0.15) is 11.4 Å². The molecule has 82 valence electrons. The molecule has 0 saturated carbocycles. The van der Waals surface area contributed by atoms with E-state index in [4.69, 9.17) is 16.3 Å². The molecule has 0 saturated heterocycles. The molecule has 0 unspecified atom stereocenters. The summed E-state index contributed by atoms with van der Waals surface area (Å²) in [4.78, 5) is 8.26. The number of halogens is 1. The van der Waals surface area contributed by atoms with Crippen molar-refractivity contribution in [2.24, 2.45) is 0 Å². The van der Waals surface area contributed by atoms with Crippen LogP contribution < -0.4 is 4.74 Å². The van der Waals surface area contributed by atoms with Crippen molar-refractivity contribution in [1.29, 1.82) is 0 Å². The van der Waals surface area contributed by atoms with Gasteiger partial charge in [-0.3, -0.25) is 4.98 Å². The van der Waals surface area contributed by atoms with E-state index in [0.29, 0.717) is 17.5 Å². The molecule has 0 aromatic carbocycles. The number of nitrogens with zero attached hydrogens (tertiary/aromatic N) is 2. The fraction of sp³-hybridized carbons (Fsp3) is 0.167. The minimum atomic E-state index is 0.436. The number of pyridine rings is 2. The van der Waals surface area contributed by atoms with Crippen molar-refractivity contribution in [3.8, 4) is 5.75 Å². The summed E-state index contributed by atoms with van der Waals surface area (Å²) in [6.45, 7) is 2.39. The van der Waals surface area contributed by atoms with Crippen molar-refractivity contribution in [2.45, 2.75) is 13.5 Å². The molecule has 0 atom stereocenters. The average molecular weight is 235 g/mol. The summed E-state index contributed by atoms with van der Waals surface area (Å²) in [6, 6.07) is 9.32. The van der Waals surface area contributed by atoms with Gasteiger partial charge in [-0.2, -0.15) is 0 Å². The second-order valence-electron chi connectivity index (χ2n) is 3.38. The van der Waals surface area contributed by atoms with Crippen molar-refractivity contribution >= 4 is 11.6 Å². The van der Waals surface area contributed by atoms with Gasteiger partial charge in [0.15, 0.2) is 0 Å². The van der Waals surface area contributed by atoms with Crippen LogP contribution in [0.4, 0.5) is 0 Å². The molecule has 3 nitrogen and oxygen atoms in total. The molecule has 0 spiro atoms. The van der Waals surface area contributed by atoms with Crippen LogP contribution in [0.25, 0.3) is 0 Å². The maximum atomic E-state index is 5.67. The third-order valence-electron chi connectivity index (χ3n) is 2.03. The highest BCUT2D eigenvalue weighted by atomic mass is 35.5. The van der Waals surface area contributed by atoms with E-state index in [-0.39, 0.29) is 0 Å². The Morgan fingerprint density at radius 1 is 1.25 bits per heavy atom. The molecular weight excluding hydrogens is 224 g/mol.